The summed E-state index contributed by atoms with van der Waals surface area (Å²) in [5.74, 6) is -0.0662. The van der Waals surface area contributed by atoms with Gasteiger partial charge in [-0.3, -0.25) is 0 Å². The van der Waals surface area contributed by atoms with Crippen molar-refractivity contribution in [2.45, 2.75) is 46.0 Å². The molecule has 0 aliphatic carbocycles. The molecule has 2 aliphatic rings. The SMILES string of the molecule is CCCCN1C(=O)C(=C/C=C/C=C2\Oc3ccccc3N2CCCS(=O)(=O)[O-])C(=O)N(CCCC)C1=[Se].[Na+]. The molecular weight excluding hydrogens is 584 g/mol. The molecule has 0 spiro atoms. The van der Waals surface area contributed by atoms with Gasteiger partial charge in [-0.05, 0) is 0 Å². The molecule has 12 heteroatoms. The number of para-hydroxylation sites is 2. The van der Waals surface area contributed by atoms with Gasteiger partial charge in [0.2, 0.25) is 0 Å². The maximum atomic E-state index is 13.1. The van der Waals surface area contributed by atoms with Crippen LogP contribution in [0.2, 0.25) is 0 Å². The first-order chi connectivity index (χ1) is 17.7. The summed E-state index contributed by atoms with van der Waals surface area (Å²) in [6.07, 6.45) is 10.1. The van der Waals surface area contributed by atoms with Crippen molar-refractivity contribution in [2.24, 2.45) is 0 Å². The van der Waals surface area contributed by atoms with Gasteiger partial charge in [-0.25, -0.2) is 8.42 Å². The van der Waals surface area contributed by atoms with E-state index in [2.05, 4.69) is 15.6 Å². The normalized spacial score (nSPS) is 16.8. The van der Waals surface area contributed by atoms with Crippen LogP contribution in [0.25, 0.3) is 0 Å². The number of hydrogen-bond donors (Lipinski definition) is 0. The Hall–Kier alpha value is -1.72. The van der Waals surface area contributed by atoms with Crippen molar-refractivity contribution >= 4 is 47.9 Å². The fourth-order valence-electron chi connectivity index (χ4n) is 3.97. The van der Waals surface area contributed by atoms with Crippen LogP contribution in [0.15, 0.2) is 60.0 Å². The summed E-state index contributed by atoms with van der Waals surface area (Å²) in [5, 5.41) is 0. The fraction of sp³-hybridized carbons (Fsp3) is 0.423. The van der Waals surface area contributed by atoms with Crippen LogP contribution < -0.4 is 39.2 Å². The van der Waals surface area contributed by atoms with Gasteiger partial charge in [0.25, 0.3) is 0 Å². The second-order valence-electron chi connectivity index (χ2n) is 8.71. The summed E-state index contributed by atoms with van der Waals surface area (Å²) in [7, 11) is -4.31. The number of allylic oxidation sites excluding steroid dienone is 4. The van der Waals surface area contributed by atoms with Gasteiger partial charge < -0.3 is 4.55 Å². The van der Waals surface area contributed by atoms with Crippen LogP contribution >= 0.6 is 0 Å². The molecule has 38 heavy (non-hydrogen) atoms. The molecule has 2 heterocycles. The van der Waals surface area contributed by atoms with Crippen LogP contribution in [0.4, 0.5) is 5.69 Å². The summed E-state index contributed by atoms with van der Waals surface area (Å²) in [5.41, 5.74) is 0.857. The van der Waals surface area contributed by atoms with E-state index in [0.29, 0.717) is 29.4 Å². The van der Waals surface area contributed by atoms with Gasteiger partial charge in [-0.1, -0.05) is 12.1 Å². The Morgan fingerprint density at radius 2 is 1.45 bits per heavy atom. The van der Waals surface area contributed by atoms with Crippen LogP contribution in [-0.4, -0.2) is 80.2 Å². The molecule has 0 aromatic heterocycles. The van der Waals surface area contributed by atoms with E-state index in [0.717, 1.165) is 31.4 Å². The van der Waals surface area contributed by atoms with Crippen molar-refractivity contribution in [1.82, 2.24) is 9.80 Å². The van der Waals surface area contributed by atoms with Gasteiger partial charge in [-0.15, -0.1) is 0 Å². The van der Waals surface area contributed by atoms with Gasteiger partial charge in [0.05, 0.1) is 10.1 Å². The maximum Gasteiger partial charge on any atom is 1.00 e. The number of ether oxygens (including phenoxy) is 1. The average molecular weight is 617 g/mol. The van der Waals surface area contributed by atoms with Crippen molar-refractivity contribution in [1.29, 1.82) is 0 Å². The molecule has 0 N–H and O–H groups in total. The minimum Gasteiger partial charge on any atom is 1.00 e. The molecule has 1 aromatic carbocycles. The Morgan fingerprint density at radius 1 is 0.895 bits per heavy atom. The molecule has 9 nitrogen and oxygen atoms in total. The van der Waals surface area contributed by atoms with Crippen LogP contribution in [0.3, 0.4) is 0 Å². The van der Waals surface area contributed by atoms with Gasteiger partial charge in [0.1, 0.15) is 0 Å². The number of fused-ring (bicyclic) bond motifs is 1. The number of rotatable bonds is 12. The van der Waals surface area contributed by atoms with Gasteiger partial charge in [0.15, 0.2) is 0 Å². The summed E-state index contributed by atoms with van der Waals surface area (Å²) in [6.45, 7) is 5.43. The molecule has 0 bridgehead atoms. The zero-order chi connectivity index (χ0) is 27.0. The second-order valence-corrected chi connectivity index (χ2v) is 11.0. The van der Waals surface area contributed by atoms with Crippen molar-refractivity contribution < 1.29 is 56.9 Å². The number of amides is 2. The first-order valence-electron chi connectivity index (χ1n) is 12.4. The summed E-state index contributed by atoms with van der Waals surface area (Å²) < 4.78 is 39.5. The number of hydrogen-bond acceptors (Lipinski definition) is 7. The molecule has 1 fully saturated rings. The predicted octanol–water partition coefficient (Wildman–Crippen LogP) is -0.324. The fourth-order valence-corrected chi connectivity index (χ4v) is 5.18. The van der Waals surface area contributed by atoms with E-state index in [1.165, 1.54) is 6.08 Å². The number of nitrogens with zero attached hydrogens (tertiary/aromatic N) is 3. The largest absolute Gasteiger partial charge is 1.00 e. The summed E-state index contributed by atoms with van der Waals surface area (Å²) >= 11 is 2.92. The molecule has 0 saturated carbocycles. The average Bonchev–Trinajstić information content (AvgIpc) is 3.20. The molecule has 3 rings (SSSR count). The van der Waals surface area contributed by atoms with Gasteiger partial charge >= 0.3 is 216 Å². The molecule has 2 amide bonds. The molecule has 0 unspecified atom stereocenters. The minimum atomic E-state index is -4.31. The standard InChI is InChI=1S/C26H33N3O6SSe.Na/c1-3-5-16-28-24(30)20(25(31)29(26(28)37)17-6-4-2)12-7-10-15-23-27(18-11-19-36(32,33)34)21-13-8-9-14-22(21)35-23;/h7-10,12-15H,3-6,11,16-19H2,1-2H3,(H,32,33,34);/q;+1/p-1/b10-7+,23-15-;. The van der Waals surface area contributed by atoms with E-state index < -0.39 is 15.9 Å². The Balaban J connectivity index is 0.00000507. The molecule has 0 atom stereocenters. The third kappa shape index (κ3) is 8.39. The number of carbonyl (C=O) groups is 2. The van der Waals surface area contributed by atoms with Crippen LogP contribution in [-0.2, 0) is 19.7 Å². The molecule has 2 aliphatic heterocycles. The predicted molar refractivity (Wildman–Crippen MR) is 143 cm³/mol. The van der Waals surface area contributed by atoms with E-state index in [4.69, 9.17) is 4.74 Å². The number of anilines is 1. The Kier molecular flexibility index (Phi) is 13.0. The van der Waals surface area contributed by atoms with Crippen LogP contribution in [0.1, 0.15) is 46.0 Å². The zero-order valence-corrected chi connectivity index (χ0v) is 26.6. The van der Waals surface area contributed by atoms with Gasteiger partial charge in [0, 0.05) is 5.75 Å². The third-order valence-electron chi connectivity index (χ3n) is 5.91. The van der Waals surface area contributed by atoms with Crippen molar-refractivity contribution in [3.63, 3.8) is 0 Å². The van der Waals surface area contributed by atoms with Crippen molar-refractivity contribution in [2.75, 3.05) is 30.3 Å². The van der Waals surface area contributed by atoms with Crippen LogP contribution in [0.5, 0.6) is 5.75 Å². The van der Waals surface area contributed by atoms with Gasteiger partial charge in [-0.2, -0.15) is 0 Å². The maximum absolute atomic E-state index is 13.1. The zero-order valence-electron chi connectivity index (χ0n) is 22.1. The number of unbranched alkanes of at least 4 members (excludes halogenated alkanes) is 2. The third-order valence-corrected chi connectivity index (χ3v) is 7.62. The Morgan fingerprint density at radius 3 is 2.03 bits per heavy atom. The van der Waals surface area contributed by atoms with Crippen molar-refractivity contribution in [3.8, 4) is 5.75 Å². The first-order valence-corrected chi connectivity index (χ1v) is 14.9. The molecule has 1 saturated heterocycles. The van der Waals surface area contributed by atoms with Crippen molar-refractivity contribution in [3.05, 3.63) is 60.0 Å². The molecular formula is C26H32N3NaO6SSe. The summed E-state index contributed by atoms with van der Waals surface area (Å²) in [4.78, 5) is 31.3. The van der Waals surface area contributed by atoms with E-state index in [-0.39, 0.29) is 59.9 Å². The molecule has 200 valence electrons. The Bertz CT molecular complexity index is 1200. The first kappa shape index (κ1) is 32.5. The number of benzene rings is 1. The number of carbonyl (C=O) groups excluding carboxylic acids is 2. The molecule has 1 aromatic rings. The Labute approximate surface area is 255 Å². The minimum absolute atomic E-state index is 0. The van der Waals surface area contributed by atoms with E-state index in [9.17, 15) is 22.6 Å². The quantitative estimate of drug-likeness (QED) is 0.137. The monoisotopic (exact) mass is 617 g/mol. The second kappa shape index (κ2) is 15.2. The summed E-state index contributed by atoms with van der Waals surface area (Å²) in [6, 6.07) is 7.31. The van der Waals surface area contributed by atoms with E-state index in [1.807, 2.05) is 32.0 Å². The van der Waals surface area contributed by atoms with E-state index >= 15 is 0 Å². The topological polar surface area (TPSA) is 110 Å². The van der Waals surface area contributed by atoms with Crippen LogP contribution in [0, 0.1) is 0 Å². The smallest absolute Gasteiger partial charge is 1.00 e. The molecule has 0 radical (unpaired) electrons. The van der Waals surface area contributed by atoms with E-state index in [1.54, 1.807) is 39.0 Å².